The average molecular weight is 485 g/mol. The van der Waals surface area contributed by atoms with E-state index >= 15 is 0 Å². The van der Waals surface area contributed by atoms with E-state index in [0.29, 0.717) is 28.8 Å². The number of aromatic nitrogens is 1. The second kappa shape index (κ2) is 10.2. The Bertz CT molecular complexity index is 1320. The van der Waals surface area contributed by atoms with Crippen molar-refractivity contribution in [2.45, 2.75) is 31.2 Å². The molecule has 2 aromatic heterocycles. The first-order chi connectivity index (χ1) is 16.0. The molecule has 172 valence electrons. The Labute approximate surface area is 196 Å². The molecule has 0 aliphatic carbocycles. The number of para-hydroxylation sites is 1. The van der Waals surface area contributed by atoms with Crippen LogP contribution in [0.4, 0.5) is 5.13 Å². The smallest absolute Gasteiger partial charge is 0.229 e. The average Bonchev–Trinajstić information content (AvgIpc) is 3.48. The maximum atomic E-state index is 13.2. The quantitative estimate of drug-likeness (QED) is 0.312. The van der Waals surface area contributed by atoms with E-state index in [1.165, 1.54) is 11.3 Å². The van der Waals surface area contributed by atoms with Crippen LogP contribution in [0.25, 0.3) is 10.2 Å². The van der Waals surface area contributed by atoms with Crippen molar-refractivity contribution in [2.24, 2.45) is 0 Å². The summed E-state index contributed by atoms with van der Waals surface area (Å²) < 4.78 is 37.2. The highest BCUT2D eigenvalue weighted by Crippen LogP contribution is 2.35. The zero-order valence-corrected chi connectivity index (χ0v) is 19.8. The number of fused-ring (bicyclic) bond motifs is 1. The molecule has 0 aliphatic heterocycles. The lowest BCUT2D eigenvalue weighted by Gasteiger charge is -2.18. The van der Waals surface area contributed by atoms with Gasteiger partial charge in [0.1, 0.15) is 17.0 Å². The Morgan fingerprint density at radius 2 is 1.91 bits per heavy atom. The lowest BCUT2D eigenvalue weighted by Crippen LogP contribution is -2.30. The number of nitrogens with zero attached hydrogens (tertiary/aromatic N) is 2. The summed E-state index contributed by atoms with van der Waals surface area (Å²) >= 11 is 1.39. The largest absolute Gasteiger partial charge is 0.492 e. The number of rotatable bonds is 10. The molecule has 0 saturated carbocycles. The molecule has 2 heterocycles. The van der Waals surface area contributed by atoms with E-state index in [2.05, 4.69) is 4.98 Å². The standard InChI is InChI=1S/C24H24N2O5S2/c1-2-30-20-12-6-13-21-23(20)25-24(32-21)26(17-18-9-7-15-31-18)22(27)14-8-16-33(28,29)19-10-4-3-5-11-19/h3-7,9-13,15H,2,8,14,16-17H2,1H3. The maximum Gasteiger partial charge on any atom is 0.229 e. The molecule has 0 bridgehead atoms. The zero-order valence-electron chi connectivity index (χ0n) is 18.1. The van der Waals surface area contributed by atoms with Crippen LogP contribution in [0.15, 0.2) is 76.2 Å². The van der Waals surface area contributed by atoms with Crippen LogP contribution in [0.2, 0.25) is 0 Å². The van der Waals surface area contributed by atoms with Crippen LogP contribution in [0.3, 0.4) is 0 Å². The first kappa shape index (κ1) is 23.0. The molecule has 0 fully saturated rings. The maximum absolute atomic E-state index is 13.2. The first-order valence-electron chi connectivity index (χ1n) is 10.6. The molecule has 4 rings (SSSR count). The molecule has 9 heteroatoms. The van der Waals surface area contributed by atoms with E-state index in [1.807, 2.05) is 25.1 Å². The third kappa shape index (κ3) is 5.43. The van der Waals surface area contributed by atoms with Crippen LogP contribution >= 0.6 is 11.3 Å². The monoisotopic (exact) mass is 484 g/mol. The number of hydrogen-bond acceptors (Lipinski definition) is 7. The van der Waals surface area contributed by atoms with Gasteiger partial charge in [-0.25, -0.2) is 13.4 Å². The van der Waals surface area contributed by atoms with Crippen molar-refractivity contribution in [2.75, 3.05) is 17.3 Å². The third-order valence-corrected chi connectivity index (χ3v) is 7.86. The lowest BCUT2D eigenvalue weighted by molar-refractivity contribution is -0.118. The normalized spacial score (nSPS) is 11.5. The summed E-state index contributed by atoms with van der Waals surface area (Å²) in [5.74, 6) is 0.958. The lowest BCUT2D eigenvalue weighted by atomic mass is 10.3. The minimum atomic E-state index is -3.45. The van der Waals surface area contributed by atoms with Crippen LogP contribution in [-0.2, 0) is 21.2 Å². The zero-order chi connectivity index (χ0) is 23.3. The molecule has 4 aromatic rings. The fraction of sp³-hybridized carbons (Fsp3) is 0.250. The summed E-state index contributed by atoms with van der Waals surface area (Å²) in [6, 6.07) is 17.5. The van der Waals surface area contributed by atoms with Gasteiger partial charge in [-0.15, -0.1) is 0 Å². The van der Waals surface area contributed by atoms with Crippen molar-refractivity contribution >= 4 is 42.4 Å². The number of thiazole rings is 1. The fourth-order valence-corrected chi connectivity index (χ4v) is 5.75. The second-order valence-electron chi connectivity index (χ2n) is 7.33. The number of benzene rings is 2. The predicted molar refractivity (Wildman–Crippen MR) is 128 cm³/mol. The number of carbonyl (C=O) groups is 1. The number of hydrogen-bond donors (Lipinski definition) is 0. The molecular weight excluding hydrogens is 460 g/mol. The third-order valence-electron chi connectivity index (χ3n) is 5.00. The van der Waals surface area contributed by atoms with E-state index in [9.17, 15) is 13.2 Å². The van der Waals surface area contributed by atoms with E-state index in [1.54, 1.807) is 53.6 Å². The number of sulfone groups is 1. The fourth-order valence-electron chi connectivity index (χ4n) is 3.41. The molecule has 1 amide bonds. The molecule has 0 radical (unpaired) electrons. The van der Waals surface area contributed by atoms with Crippen molar-refractivity contribution < 1.29 is 22.4 Å². The number of amides is 1. The van der Waals surface area contributed by atoms with Gasteiger partial charge in [0.05, 0.1) is 34.8 Å². The molecular formula is C24H24N2O5S2. The second-order valence-corrected chi connectivity index (χ2v) is 10.4. The van der Waals surface area contributed by atoms with Crippen LogP contribution < -0.4 is 9.64 Å². The SMILES string of the molecule is CCOc1cccc2sc(N(Cc3ccco3)C(=O)CCCS(=O)(=O)c3ccccc3)nc12. The van der Waals surface area contributed by atoms with E-state index in [4.69, 9.17) is 9.15 Å². The van der Waals surface area contributed by atoms with Crippen molar-refractivity contribution in [3.63, 3.8) is 0 Å². The number of carbonyl (C=O) groups excluding carboxylic acids is 1. The molecule has 33 heavy (non-hydrogen) atoms. The molecule has 7 nitrogen and oxygen atoms in total. The summed E-state index contributed by atoms with van der Waals surface area (Å²) in [6.07, 6.45) is 1.83. The highest BCUT2D eigenvalue weighted by molar-refractivity contribution is 7.91. The van der Waals surface area contributed by atoms with Crippen molar-refractivity contribution in [1.29, 1.82) is 0 Å². The summed E-state index contributed by atoms with van der Waals surface area (Å²) in [4.78, 5) is 19.7. The Hall–Kier alpha value is -3.17. The molecule has 2 aromatic carbocycles. The number of furan rings is 1. The Balaban J connectivity index is 1.54. The first-order valence-corrected chi connectivity index (χ1v) is 13.1. The highest BCUT2D eigenvalue weighted by atomic mass is 32.2. The van der Waals surface area contributed by atoms with Gasteiger partial charge in [0.15, 0.2) is 15.0 Å². The van der Waals surface area contributed by atoms with E-state index in [-0.39, 0.29) is 35.9 Å². The molecule has 0 aliphatic rings. The van der Waals surface area contributed by atoms with Crippen LogP contribution in [0.1, 0.15) is 25.5 Å². The molecule has 0 N–H and O–H groups in total. The van der Waals surface area contributed by atoms with Gasteiger partial charge >= 0.3 is 0 Å². The minimum Gasteiger partial charge on any atom is -0.492 e. The molecule has 0 unspecified atom stereocenters. The summed E-state index contributed by atoms with van der Waals surface area (Å²) in [7, 11) is -3.45. The van der Waals surface area contributed by atoms with Crippen LogP contribution in [-0.4, -0.2) is 31.7 Å². The van der Waals surface area contributed by atoms with Gasteiger partial charge in [0, 0.05) is 6.42 Å². The Morgan fingerprint density at radius 1 is 1.09 bits per heavy atom. The molecule has 0 saturated heterocycles. The highest BCUT2D eigenvalue weighted by Gasteiger charge is 2.23. The van der Waals surface area contributed by atoms with Crippen molar-refractivity contribution in [1.82, 2.24) is 4.98 Å². The topological polar surface area (TPSA) is 89.7 Å². The minimum absolute atomic E-state index is 0.0705. The molecule has 0 atom stereocenters. The van der Waals surface area contributed by atoms with Gasteiger partial charge in [0.25, 0.3) is 0 Å². The van der Waals surface area contributed by atoms with Crippen LogP contribution in [0, 0.1) is 0 Å². The predicted octanol–water partition coefficient (Wildman–Crippen LogP) is 5.08. The van der Waals surface area contributed by atoms with Gasteiger partial charge in [-0.1, -0.05) is 35.6 Å². The van der Waals surface area contributed by atoms with Gasteiger partial charge in [-0.2, -0.15) is 0 Å². The van der Waals surface area contributed by atoms with Crippen LogP contribution in [0.5, 0.6) is 5.75 Å². The van der Waals surface area contributed by atoms with Gasteiger partial charge in [-0.05, 0) is 49.7 Å². The summed E-state index contributed by atoms with van der Waals surface area (Å²) in [5, 5.41) is 0.518. The molecule has 0 spiro atoms. The van der Waals surface area contributed by atoms with Crippen molar-refractivity contribution in [3.8, 4) is 5.75 Å². The Kier molecular flexibility index (Phi) is 7.10. The summed E-state index contributed by atoms with van der Waals surface area (Å²) in [5.41, 5.74) is 0.697. The number of anilines is 1. The van der Waals surface area contributed by atoms with E-state index in [0.717, 1.165) is 4.70 Å². The Morgan fingerprint density at radius 3 is 2.64 bits per heavy atom. The van der Waals surface area contributed by atoms with Gasteiger partial charge in [-0.3, -0.25) is 9.69 Å². The number of ether oxygens (including phenoxy) is 1. The van der Waals surface area contributed by atoms with Gasteiger partial charge < -0.3 is 9.15 Å². The summed E-state index contributed by atoms with van der Waals surface area (Å²) in [6.45, 7) is 2.63. The van der Waals surface area contributed by atoms with Crippen molar-refractivity contribution in [3.05, 3.63) is 72.7 Å². The van der Waals surface area contributed by atoms with E-state index < -0.39 is 9.84 Å². The van der Waals surface area contributed by atoms with Gasteiger partial charge in [0.2, 0.25) is 5.91 Å².